The Bertz CT molecular complexity index is 546. The first kappa shape index (κ1) is 15.1. The number of carbonyl (C=O) groups excluding carboxylic acids is 1. The Labute approximate surface area is 122 Å². The summed E-state index contributed by atoms with van der Waals surface area (Å²) in [6.07, 6.45) is 1.42. The maximum atomic E-state index is 12.0. The second kappa shape index (κ2) is 6.43. The number of anilines is 1. The Kier molecular flexibility index (Phi) is 4.62. The number of nitrogens with zero attached hydrogens (tertiary/aromatic N) is 2. The average molecular weight is 294 g/mol. The molecule has 1 aromatic rings. The van der Waals surface area contributed by atoms with E-state index >= 15 is 0 Å². The van der Waals surface area contributed by atoms with Crippen molar-refractivity contribution >= 4 is 17.3 Å². The lowest BCUT2D eigenvalue weighted by Crippen LogP contribution is -2.37. The summed E-state index contributed by atoms with van der Waals surface area (Å²) in [5, 5.41) is 11.2. The van der Waals surface area contributed by atoms with Crippen molar-refractivity contribution in [3.05, 3.63) is 28.3 Å². The summed E-state index contributed by atoms with van der Waals surface area (Å²) in [5.41, 5.74) is 0.363. The van der Waals surface area contributed by atoms with Crippen LogP contribution < -0.4 is 9.64 Å². The molecule has 0 saturated carbocycles. The highest BCUT2D eigenvalue weighted by atomic mass is 16.6. The molecule has 1 fully saturated rings. The molecule has 0 aliphatic carbocycles. The molecule has 0 bridgehead atoms. The summed E-state index contributed by atoms with van der Waals surface area (Å²) >= 11 is 0. The van der Waals surface area contributed by atoms with Crippen molar-refractivity contribution in [2.45, 2.75) is 25.8 Å². The van der Waals surface area contributed by atoms with E-state index < -0.39 is 11.0 Å². The van der Waals surface area contributed by atoms with Crippen molar-refractivity contribution in [1.82, 2.24) is 0 Å². The van der Waals surface area contributed by atoms with Crippen LogP contribution in [0.4, 0.5) is 11.4 Å². The zero-order valence-corrected chi connectivity index (χ0v) is 12.1. The molecule has 0 radical (unpaired) electrons. The number of methoxy groups -OCH3 is 1. The maximum absolute atomic E-state index is 12.0. The highest BCUT2D eigenvalue weighted by molar-refractivity contribution is 5.82. The Hall–Kier alpha value is -2.31. The lowest BCUT2D eigenvalue weighted by molar-refractivity contribution is -0.384. The molecule has 1 unspecified atom stereocenters. The van der Waals surface area contributed by atoms with Crippen LogP contribution in [-0.4, -0.2) is 37.2 Å². The van der Waals surface area contributed by atoms with E-state index in [9.17, 15) is 14.9 Å². The van der Waals surface area contributed by atoms with Gasteiger partial charge in [0.1, 0.15) is 17.5 Å². The molecule has 1 aliphatic heterocycles. The van der Waals surface area contributed by atoms with Crippen LogP contribution in [0, 0.1) is 10.1 Å². The smallest absolute Gasteiger partial charge is 0.328 e. The van der Waals surface area contributed by atoms with Crippen LogP contribution in [0.25, 0.3) is 0 Å². The fraction of sp³-hybridized carbons (Fsp3) is 0.500. The van der Waals surface area contributed by atoms with E-state index in [4.69, 9.17) is 9.47 Å². The van der Waals surface area contributed by atoms with Gasteiger partial charge in [-0.25, -0.2) is 4.79 Å². The van der Waals surface area contributed by atoms with Crippen LogP contribution in [-0.2, 0) is 9.53 Å². The number of hydrogen-bond donors (Lipinski definition) is 0. The molecule has 7 heteroatoms. The van der Waals surface area contributed by atoms with Crippen molar-refractivity contribution in [3.8, 4) is 5.75 Å². The van der Waals surface area contributed by atoms with Crippen molar-refractivity contribution < 1.29 is 19.2 Å². The third kappa shape index (κ3) is 3.07. The van der Waals surface area contributed by atoms with Gasteiger partial charge in [0.25, 0.3) is 5.69 Å². The molecule has 0 amide bonds. The third-order valence-corrected chi connectivity index (χ3v) is 3.50. The quantitative estimate of drug-likeness (QED) is 0.470. The van der Waals surface area contributed by atoms with E-state index in [1.165, 1.54) is 19.2 Å². The van der Waals surface area contributed by atoms with Gasteiger partial charge in [0, 0.05) is 18.7 Å². The van der Waals surface area contributed by atoms with E-state index in [-0.39, 0.29) is 11.7 Å². The summed E-state index contributed by atoms with van der Waals surface area (Å²) < 4.78 is 10.2. The number of nitro groups is 1. The molecule has 0 N–H and O–H groups in total. The van der Waals surface area contributed by atoms with Crippen molar-refractivity contribution in [2.24, 2.45) is 0 Å². The molecule has 1 saturated heterocycles. The summed E-state index contributed by atoms with van der Waals surface area (Å²) in [5.74, 6) is 0.178. The van der Waals surface area contributed by atoms with Crippen molar-refractivity contribution in [2.75, 3.05) is 25.2 Å². The van der Waals surface area contributed by atoms with Gasteiger partial charge in [-0.15, -0.1) is 0 Å². The van der Waals surface area contributed by atoms with Crippen LogP contribution in [0.3, 0.4) is 0 Å². The zero-order valence-electron chi connectivity index (χ0n) is 12.1. The van der Waals surface area contributed by atoms with Crippen molar-refractivity contribution in [1.29, 1.82) is 0 Å². The second-order valence-corrected chi connectivity index (χ2v) is 4.72. The topological polar surface area (TPSA) is 81.9 Å². The number of rotatable bonds is 5. The van der Waals surface area contributed by atoms with E-state index in [2.05, 4.69) is 0 Å². The second-order valence-electron chi connectivity index (χ2n) is 4.72. The van der Waals surface area contributed by atoms with Crippen LogP contribution in [0.5, 0.6) is 5.75 Å². The lowest BCUT2D eigenvalue weighted by Gasteiger charge is -2.25. The summed E-state index contributed by atoms with van der Waals surface area (Å²) in [6.45, 7) is 2.62. The number of benzene rings is 1. The summed E-state index contributed by atoms with van der Waals surface area (Å²) in [7, 11) is 1.50. The minimum absolute atomic E-state index is 0.0352. The number of hydrogen-bond acceptors (Lipinski definition) is 6. The summed E-state index contributed by atoms with van der Waals surface area (Å²) in [6, 6.07) is 4.05. The molecule has 21 heavy (non-hydrogen) atoms. The molecule has 0 aromatic heterocycles. The SMILES string of the molecule is CCOC(=O)C1CCCN1c1cc(OC)ccc1[N+](=O)[O-]. The first-order valence-electron chi connectivity index (χ1n) is 6.84. The highest BCUT2D eigenvalue weighted by Gasteiger charge is 2.35. The molecule has 0 spiro atoms. The molecule has 1 atom stereocenters. The molecule has 114 valence electrons. The number of nitro benzene ring substituents is 1. The van der Waals surface area contributed by atoms with Gasteiger partial charge < -0.3 is 14.4 Å². The molecule has 1 heterocycles. The Morgan fingerprint density at radius 1 is 1.52 bits per heavy atom. The molecule has 7 nitrogen and oxygen atoms in total. The average Bonchev–Trinajstić information content (AvgIpc) is 2.96. The first-order chi connectivity index (χ1) is 10.1. The predicted octanol–water partition coefficient (Wildman–Crippen LogP) is 2.14. The van der Waals surface area contributed by atoms with E-state index in [0.29, 0.717) is 31.0 Å². The van der Waals surface area contributed by atoms with Crippen LogP contribution in [0.15, 0.2) is 18.2 Å². The minimum atomic E-state index is -0.476. The van der Waals surface area contributed by atoms with Gasteiger partial charge in [-0.05, 0) is 25.8 Å². The first-order valence-corrected chi connectivity index (χ1v) is 6.84. The highest BCUT2D eigenvalue weighted by Crippen LogP contribution is 2.36. The Balaban J connectivity index is 2.38. The third-order valence-electron chi connectivity index (χ3n) is 3.50. The predicted molar refractivity (Wildman–Crippen MR) is 76.6 cm³/mol. The minimum Gasteiger partial charge on any atom is -0.497 e. The molecule has 2 rings (SSSR count). The fourth-order valence-corrected chi connectivity index (χ4v) is 2.55. The maximum Gasteiger partial charge on any atom is 0.328 e. The molecule has 1 aliphatic rings. The van der Waals surface area contributed by atoms with Crippen molar-refractivity contribution in [3.63, 3.8) is 0 Å². The van der Waals surface area contributed by atoms with Gasteiger partial charge in [-0.1, -0.05) is 0 Å². The normalized spacial score (nSPS) is 17.6. The lowest BCUT2D eigenvalue weighted by atomic mass is 10.2. The van der Waals surface area contributed by atoms with Gasteiger partial charge in [0.15, 0.2) is 0 Å². The molecular weight excluding hydrogens is 276 g/mol. The van der Waals surface area contributed by atoms with E-state index in [1.807, 2.05) is 0 Å². The van der Waals surface area contributed by atoms with E-state index in [0.717, 1.165) is 6.42 Å². The summed E-state index contributed by atoms with van der Waals surface area (Å²) in [4.78, 5) is 24.5. The Morgan fingerprint density at radius 3 is 2.90 bits per heavy atom. The number of ether oxygens (including phenoxy) is 2. The fourth-order valence-electron chi connectivity index (χ4n) is 2.55. The Morgan fingerprint density at radius 2 is 2.29 bits per heavy atom. The zero-order chi connectivity index (χ0) is 15.4. The van der Waals surface area contributed by atoms with Gasteiger partial charge in [-0.3, -0.25) is 10.1 Å². The molecule has 1 aromatic carbocycles. The molecular formula is C14H18N2O5. The van der Waals surface area contributed by atoms with Gasteiger partial charge in [0.05, 0.1) is 18.6 Å². The number of carbonyl (C=O) groups is 1. The van der Waals surface area contributed by atoms with Crippen LogP contribution in [0.2, 0.25) is 0 Å². The number of esters is 1. The van der Waals surface area contributed by atoms with Crippen LogP contribution >= 0.6 is 0 Å². The monoisotopic (exact) mass is 294 g/mol. The van der Waals surface area contributed by atoms with Gasteiger partial charge in [0.2, 0.25) is 0 Å². The standard InChI is InChI=1S/C14H18N2O5/c1-3-21-14(17)12-5-4-8-15(12)13-9-10(20-2)6-7-11(13)16(18)19/h6-7,9,12H,3-5,8H2,1-2H3. The van der Waals surface area contributed by atoms with Gasteiger partial charge in [-0.2, -0.15) is 0 Å². The van der Waals surface area contributed by atoms with Gasteiger partial charge >= 0.3 is 5.97 Å². The van der Waals surface area contributed by atoms with E-state index in [1.54, 1.807) is 17.9 Å². The van der Waals surface area contributed by atoms with Crippen LogP contribution in [0.1, 0.15) is 19.8 Å². The largest absolute Gasteiger partial charge is 0.497 e.